The normalized spacial score (nSPS) is 17.4. The molecule has 4 rings (SSSR count). The van der Waals surface area contributed by atoms with Gasteiger partial charge in [-0.3, -0.25) is 9.78 Å². The van der Waals surface area contributed by atoms with Crippen molar-refractivity contribution < 1.29 is 30.8 Å². The fourth-order valence-electron chi connectivity index (χ4n) is 3.69. The van der Waals surface area contributed by atoms with E-state index in [-0.39, 0.29) is 0 Å². The summed E-state index contributed by atoms with van der Waals surface area (Å²) in [5.41, 5.74) is -3.74. The highest BCUT2D eigenvalue weighted by molar-refractivity contribution is 7.90. The lowest BCUT2D eigenvalue weighted by molar-refractivity contribution is -0.0448. The number of hydrogen-bond acceptors (Lipinski definition) is 5. The Morgan fingerprint density at radius 3 is 2.77 bits per heavy atom. The van der Waals surface area contributed by atoms with Crippen molar-refractivity contribution in [1.82, 2.24) is 14.6 Å². The third-order valence-corrected chi connectivity index (χ3v) is 6.39. The van der Waals surface area contributed by atoms with Crippen molar-refractivity contribution in [2.45, 2.75) is 24.4 Å². The van der Waals surface area contributed by atoms with Crippen LogP contribution in [0, 0.1) is 0 Å². The van der Waals surface area contributed by atoms with Crippen molar-refractivity contribution in [1.29, 1.82) is 0 Å². The maximum Gasteiger partial charge on any atom is 0.511 e. The van der Waals surface area contributed by atoms with Gasteiger partial charge in [0.05, 0.1) is 17.3 Å². The van der Waals surface area contributed by atoms with Crippen LogP contribution in [0.3, 0.4) is 0 Å². The first-order valence-corrected chi connectivity index (χ1v) is 11.0. The number of aromatic nitrogens is 1. The Bertz CT molecular complexity index is 1210. The molecule has 164 valence electrons. The van der Waals surface area contributed by atoms with E-state index in [2.05, 4.69) is 4.98 Å². The molecular formula is C20H18F3N3O4S. The summed E-state index contributed by atoms with van der Waals surface area (Å²) >= 11 is 0. The third-order valence-electron chi connectivity index (χ3n) is 5.23. The number of carbonyl (C=O) groups excluding carboxylic acids is 1. The highest BCUT2D eigenvalue weighted by Crippen LogP contribution is 2.29. The fourth-order valence-corrected chi connectivity index (χ4v) is 4.26. The quantitative estimate of drug-likeness (QED) is 0.638. The molecule has 1 aliphatic heterocycles. The predicted molar refractivity (Wildman–Crippen MR) is 106 cm³/mol. The van der Waals surface area contributed by atoms with E-state index in [0.717, 1.165) is 5.56 Å². The van der Waals surface area contributed by atoms with Gasteiger partial charge in [-0.2, -0.15) is 13.2 Å². The Kier molecular flexibility index (Phi) is 5.48. The van der Waals surface area contributed by atoms with E-state index in [4.69, 9.17) is 4.42 Å². The first-order valence-electron chi connectivity index (χ1n) is 9.47. The molecule has 0 bridgehead atoms. The van der Waals surface area contributed by atoms with E-state index in [1.807, 2.05) is 6.07 Å². The van der Waals surface area contributed by atoms with Crippen LogP contribution in [-0.4, -0.2) is 48.8 Å². The van der Waals surface area contributed by atoms with E-state index >= 15 is 0 Å². The summed E-state index contributed by atoms with van der Waals surface area (Å²) in [4.78, 5) is 18.9. The second kappa shape index (κ2) is 7.97. The topological polar surface area (TPSA) is 92.5 Å². The maximum absolute atomic E-state index is 13.3. The molecule has 0 aliphatic carbocycles. The van der Waals surface area contributed by atoms with Gasteiger partial charge in [0.25, 0.3) is 5.91 Å². The van der Waals surface area contributed by atoms with Crippen molar-refractivity contribution >= 4 is 26.8 Å². The minimum atomic E-state index is -5.47. The lowest BCUT2D eigenvalue weighted by Crippen LogP contribution is -2.46. The summed E-state index contributed by atoms with van der Waals surface area (Å²) < 4.78 is 67.5. The molecule has 3 aromatic rings. The van der Waals surface area contributed by atoms with Gasteiger partial charge in [-0.1, -0.05) is 0 Å². The van der Waals surface area contributed by atoms with Gasteiger partial charge in [0.15, 0.2) is 0 Å². The van der Waals surface area contributed by atoms with Gasteiger partial charge in [-0.25, -0.2) is 13.1 Å². The van der Waals surface area contributed by atoms with Gasteiger partial charge in [0.2, 0.25) is 0 Å². The van der Waals surface area contributed by atoms with Crippen LogP contribution in [0.1, 0.15) is 23.2 Å². The van der Waals surface area contributed by atoms with Gasteiger partial charge in [-0.05, 0) is 49.2 Å². The number of likely N-dealkylation sites (tertiary alicyclic amines) is 1. The summed E-state index contributed by atoms with van der Waals surface area (Å²) in [7, 11) is -5.47. The molecule has 31 heavy (non-hydrogen) atoms. The number of rotatable bonds is 5. The minimum Gasteiger partial charge on any atom is -0.464 e. The zero-order valence-electron chi connectivity index (χ0n) is 16.1. The van der Waals surface area contributed by atoms with Gasteiger partial charge in [0.1, 0.15) is 5.76 Å². The lowest BCUT2D eigenvalue weighted by Gasteiger charge is -2.25. The molecule has 0 radical (unpaired) electrons. The summed E-state index contributed by atoms with van der Waals surface area (Å²) in [5, 5.41) is 0.572. The monoisotopic (exact) mass is 453 g/mol. The molecule has 1 aromatic carbocycles. The molecule has 1 N–H and O–H groups in total. The Morgan fingerprint density at radius 2 is 2.06 bits per heavy atom. The van der Waals surface area contributed by atoms with Crippen LogP contribution < -0.4 is 4.72 Å². The molecule has 1 saturated heterocycles. The Labute approximate surface area is 175 Å². The molecule has 1 fully saturated rings. The molecule has 2 aromatic heterocycles. The van der Waals surface area contributed by atoms with Crippen molar-refractivity contribution in [2.24, 2.45) is 0 Å². The van der Waals surface area contributed by atoms with Gasteiger partial charge in [0, 0.05) is 36.3 Å². The summed E-state index contributed by atoms with van der Waals surface area (Å²) in [6.07, 6.45) is 3.98. The number of nitrogens with zero attached hydrogens (tertiary/aromatic N) is 2. The van der Waals surface area contributed by atoms with Crippen LogP contribution in [0.5, 0.6) is 0 Å². The van der Waals surface area contributed by atoms with E-state index in [1.54, 1.807) is 35.1 Å². The number of nitrogens with one attached hydrogen (secondary N) is 1. The highest BCUT2D eigenvalue weighted by atomic mass is 32.2. The van der Waals surface area contributed by atoms with Gasteiger partial charge >= 0.3 is 15.5 Å². The van der Waals surface area contributed by atoms with Gasteiger partial charge < -0.3 is 9.32 Å². The number of carbonyl (C=O) groups is 1. The number of fused-ring (bicyclic) bond motifs is 1. The lowest BCUT2D eigenvalue weighted by atomic mass is 10.0. The van der Waals surface area contributed by atoms with Crippen LogP contribution in [0.15, 0.2) is 53.3 Å². The first kappa shape index (κ1) is 21.3. The number of furan rings is 1. The number of halogens is 3. The second-order valence-electron chi connectivity index (χ2n) is 7.16. The molecule has 0 unspecified atom stereocenters. The van der Waals surface area contributed by atoms with Crippen LogP contribution in [0.2, 0.25) is 0 Å². The molecular weight excluding hydrogens is 435 g/mol. The zero-order chi connectivity index (χ0) is 22.2. The number of benzene rings is 1. The van der Waals surface area contributed by atoms with Crippen molar-refractivity contribution in [2.75, 3.05) is 13.1 Å². The average molecular weight is 453 g/mol. The molecule has 3 heterocycles. The number of amides is 1. The van der Waals surface area contributed by atoms with E-state index < -0.39 is 34.0 Å². The van der Waals surface area contributed by atoms with Crippen LogP contribution in [-0.2, 0) is 10.0 Å². The number of pyridine rings is 1. The molecule has 11 heteroatoms. The summed E-state index contributed by atoms with van der Waals surface area (Å²) in [6, 6.07) is 9.72. The van der Waals surface area contributed by atoms with Crippen LogP contribution in [0.4, 0.5) is 13.2 Å². The van der Waals surface area contributed by atoms with E-state index in [1.165, 1.54) is 17.4 Å². The largest absolute Gasteiger partial charge is 0.511 e. The molecule has 7 nitrogen and oxygen atoms in total. The van der Waals surface area contributed by atoms with Crippen molar-refractivity contribution in [3.05, 3.63) is 54.4 Å². The van der Waals surface area contributed by atoms with Crippen LogP contribution in [0.25, 0.3) is 22.2 Å². The van der Waals surface area contributed by atoms with Gasteiger partial charge in [-0.15, -0.1) is 0 Å². The number of sulfonamides is 1. The standard InChI is InChI=1S/C20H18F3N3O4S/c21-20(22,23)31(28,29)25-12-14-3-1-9-26(14)19(27)15-7-8-24-17-6-5-13(11-16(15)17)18-4-2-10-30-18/h2,4-8,10-11,14,25H,1,3,9,12H2/t14-/m0/s1. The third kappa shape index (κ3) is 4.15. The zero-order valence-corrected chi connectivity index (χ0v) is 16.9. The SMILES string of the molecule is O=C(c1ccnc2ccc(-c3ccco3)cc12)N1CCC[C@H]1CNS(=O)(=O)C(F)(F)F. The Balaban J connectivity index is 1.62. The smallest absolute Gasteiger partial charge is 0.464 e. The summed E-state index contributed by atoms with van der Waals surface area (Å²) in [5.74, 6) is 0.224. The highest BCUT2D eigenvalue weighted by Gasteiger charge is 2.46. The number of alkyl halides is 3. The summed E-state index contributed by atoms with van der Waals surface area (Å²) in [6.45, 7) is -0.187. The first-order chi connectivity index (χ1) is 14.7. The van der Waals surface area contributed by atoms with Crippen LogP contribution >= 0.6 is 0 Å². The molecule has 1 aliphatic rings. The Hall–Kier alpha value is -2.92. The van der Waals surface area contributed by atoms with Crippen molar-refractivity contribution in [3.63, 3.8) is 0 Å². The Morgan fingerprint density at radius 1 is 1.26 bits per heavy atom. The number of hydrogen-bond donors (Lipinski definition) is 1. The molecule has 1 amide bonds. The molecule has 0 saturated carbocycles. The molecule has 0 spiro atoms. The fraction of sp³-hybridized carbons (Fsp3) is 0.300. The predicted octanol–water partition coefficient (Wildman–Crippen LogP) is 3.54. The van der Waals surface area contributed by atoms with Crippen molar-refractivity contribution in [3.8, 4) is 11.3 Å². The second-order valence-corrected chi connectivity index (χ2v) is 8.92. The average Bonchev–Trinajstić information content (AvgIpc) is 3.42. The maximum atomic E-state index is 13.3. The van der Waals surface area contributed by atoms with E-state index in [0.29, 0.717) is 41.6 Å². The van der Waals surface area contributed by atoms with E-state index in [9.17, 15) is 26.4 Å². The minimum absolute atomic E-state index is 0.318. The molecule has 1 atom stereocenters.